The molecule has 1 aromatic heterocycles. The van der Waals surface area contributed by atoms with Gasteiger partial charge in [-0.05, 0) is 38.1 Å². The lowest BCUT2D eigenvalue weighted by molar-refractivity contribution is -0.129. The Kier molecular flexibility index (Phi) is 2.94. The number of carbonyl (C=O) groups is 1. The molecule has 0 aliphatic carbocycles. The molecule has 23 heavy (non-hydrogen) atoms. The maximum atomic E-state index is 12.0. The lowest BCUT2D eigenvalue weighted by Gasteiger charge is -2.01. The van der Waals surface area contributed by atoms with Gasteiger partial charge in [-0.3, -0.25) is 0 Å². The summed E-state index contributed by atoms with van der Waals surface area (Å²) in [6.45, 7) is 3.75. The van der Waals surface area contributed by atoms with Crippen molar-refractivity contribution in [3.8, 4) is 11.5 Å². The summed E-state index contributed by atoms with van der Waals surface area (Å²) in [5.41, 5.74) is 2.26. The lowest BCUT2D eigenvalue weighted by Crippen LogP contribution is -2.05. The van der Waals surface area contributed by atoms with Crippen LogP contribution in [-0.4, -0.2) is 23.8 Å². The fraction of sp³-hybridized carbons (Fsp3) is 0.188. The first-order valence-electron chi connectivity index (χ1n) is 6.97. The highest BCUT2D eigenvalue weighted by Gasteiger charge is 2.26. The average molecular weight is 312 g/mol. The number of aliphatic imine (C=N–C) groups is 1. The molecule has 0 bridgehead atoms. The molecule has 0 spiro atoms. The molecule has 7 nitrogen and oxygen atoms in total. The van der Waals surface area contributed by atoms with Crippen LogP contribution in [0, 0.1) is 13.8 Å². The van der Waals surface area contributed by atoms with Crippen LogP contribution in [-0.2, 0) is 9.53 Å². The van der Waals surface area contributed by atoms with Crippen LogP contribution in [0.5, 0.6) is 11.5 Å². The summed E-state index contributed by atoms with van der Waals surface area (Å²) in [5.74, 6) is 1.59. The third kappa shape index (κ3) is 2.26. The molecule has 0 atom stereocenters. The van der Waals surface area contributed by atoms with Crippen LogP contribution in [0.3, 0.4) is 0 Å². The Morgan fingerprint density at radius 3 is 2.78 bits per heavy atom. The van der Waals surface area contributed by atoms with Crippen molar-refractivity contribution in [2.45, 2.75) is 13.8 Å². The van der Waals surface area contributed by atoms with Crippen molar-refractivity contribution in [3.05, 3.63) is 46.5 Å². The summed E-state index contributed by atoms with van der Waals surface area (Å²) in [4.78, 5) is 16.3. The number of fused-ring (bicyclic) bond motifs is 1. The van der Waals surface area contributed by atoms with Gasteiger partial charge >= 0.3 is 5.97 Å². The predicted octanol–water partition coefficient (Wildman–Crippen LogP) is 2.36. The summed E-state index contributed by atoms with van der Waals surface area (Å²) in [6, 6.07) is 5.25. The van der Waals surface area contributed by atoms with E-state index in [4.69, 9.17) is 18.7 Å². The highest BCUT2D eigenvalue weighted by Crippen LogP contribution is 2.33. The molecule has 0 amide bonds. The van der Waals surface area contributed by atoms with Crippen molar-refractivity contribution < 1.29 is 23.5 Å². The summed E-state index contributed by atoms with van der Waals surface area (Å²) in [7, 11) is 0. The molecular weight excluding hydrogens is 300 g/mol. The molecule has 3 heterocycles. The second-order valence-corrected chi connectivity index (χ2v) is 5.14. The van der Waals surface area contributed by atoms with Crippen molar-refractivity contribution >= 4 is 17.9 Å². The van der Waals surface area contributed by atoms with Crippen LogP contribution in [0.1, 0.15) is 22.6 Å². The Morgan fingerprint density at radius 1 is 1.17 bits per heavy atom. The number of hydrogen-bond acceptors (Lipinski definition) is 7. The molecule has 2 aromatic rings. The van der Waals surface area contributed by atoms with Gasteiger partial charge in [0.25, 0.3) is 0 Å². The topological polar surface area (TPSA) is 83.2 Å². The molecule has 2 aliphatic rings. The maximum Gasteiger partial charge on any atom is 0.363 e. The van der Waals surface area contributed by atoms with Gasteiger partial charge in [0, 0.05) is 11.1 Å². The fourth-order valence-electron chi connectivity index (χ4n) is 2.40. The van der Waals surface area contributed by atoms with Gasteiger partial charge in [0.15, 0.2) is 17.2 Å². The van der Waals surface area contributed by atoms with Crippen molar-refractivity contribution in [1.29, 1.82) is 0 Å². The fourth-order valence-corrected chi connectivity index (χ4v) is 2.40. The zero-order chi connectivity index (χ0) is 16.0. The van der Waals surface area contributed by atoms with E-state index >= 15 is 0 Å². The van der Waals surface area contributed by atoms with E-state index in [9.17, 15) is 4.79 Å². The third-order valence-electron chi connectivity index (χ3n) is 3.61. The quantitative estimate of drug-likeness (QED) is 0.625. The molecule has 1 aromatic carbocycles. The zero-order valence-corrected chi connectivity index (χ0v) is 12.5. The van der Waals surface area contributed by atoms with E-state index in [0.29, 0.717) is 28.5 Å². The number of aryl methyl sites for hydroxylation is 2. The molecule has 0 fully saturated rings. The molecular formula is C16H12N2O5. The molecule has 7 heteroatoms. The van der Waals surface area contributed by atoms with Crippen LogP contribution in [0.4, 0.5) is 0 Å². The van der Waals surface area contributed by atoms with Crippen molar-refractivity contribution in [2.75, 3.05) is 6.79 Å². The molecule has 0 saturated carbocycles. The summed E-state index contributed by atoms with van der Waals surface area (Å²) in [5, 5.41) is 3.85. The second-order valence-electron chi connectivity index (χ2n) is 5.14. The first-order valence-corrected chi connectivity index (χ1v) is 6.97. The van der Waals surface area contributed by atoms with Gasteiger partial charge in [-0.25, -0.2) is 9.79 Å². The van der Waals surface area contributed by atoms with Crippen molar-refractivity contribution in [1.82, 2.24) is 5.16 Å². The average Bonchev–Trinajstić information content (AvgIpc) is 3.22. The van der Waals surface area contributed by atoms with Gasteiger partial charge in [0.2, 0.25) is 12.7 Å². The number of benzene rings is 1. The van der Waals surface area contributed by atoms with Crippen LogP contribution in [0.25, 0.3) is 6.08 Å². The van der Waals surface area contributed by atoms with Gasteiger partial charge in [-0.2, -0.15) is 0 Å². The minimum Gasteiger partial charge on any atom is -0.454 e. The van der Waals surface area contributed by atoms with E-state index in [1.54, 1.807) is 38.1 Å². The van der Waals surface area contributed by atoms with E-state index in [1.807, 2.05) is 0 Å². The highest BCUT2D eigenvalue weighted by atomic mass is 16.7. The standard InChI is InChI=1S/C16H12N2O5/c1-8-11(9(2)23-18-8)6-12-16(19)22-15(17-12)10-3-4-13-14(5-10)21-7-20-13/h3-6H,7H2,1-2H3/b12-6-. The SMILES string of the molecule is Cc1noc(C)c1/C=C1\N=C(c2ccc3c(c2)OCO3)OC1=O. The van der Waals surface area contributed by atoms with E-state index in [1.165, 1.54) is 0 Å². The van der Waals surface area contributed by atoms with Crippen molar-refractivity contribution in [3.63, 3.8) is 0 Å². The molecule has 116 valence electrons. The number of rotatable bonds is 2. The number of aromatic nitrogens is 1. The monoisotopic (exact) mass is 312 g/mol. The largest absolute Gasteiger partial charge is 0.454 e. The number of esters is 1. The van der Waals surface area contributed by atoms with Crippen LogP contribution in [0.2, 0.25) is 0 Å². The highest BCUT2D eigenvalue weighted by molar-refractivity contribution is 6.13. The molecule has 0 saturated heterocycles. The van der Waals surface area contributed by atoms with Crippen LogP contribution in [0.15, 0.2) is 33.4 Å². The smallest absolute Gasteiger partial charge is 0.363 e. The Balaban J connectivity index is 1.70. The van der Waals surface area contributed by atoms with E-state index in [0.717, 1.165) is 5.56 Å². The number of carbonyl (C=O) groups excluding carboxylic acids is 1. The Hall–Kier alpha value is -3.09. The summed E-state index contributed by atoms with van der Waals surface area (Å²) < 4.78 is 20.9. The third-order valence-corrected chi connectivity index (χ3v) is 3.61. The zero-order valence-electron chi connectivity index (χ0n) is 12.5. The molecule has 2 aliphatic heterocycles. The lowest BCUT2D eigenvalue weighted by atomic mass is 10.2. The number of ether oxygens (including phenoxy) is 3. The minimum atomic E-state index is -0.516. The predicted molar refractivity (Wildman–Crippen MR) is 79.1 cm³/mol. The summed E-state index contributed by atoms with van der Waals surface area (Å²) in [6.07, 6.45) is 1.61. The van der Waals surface area contributed by atoms with Gasteiger partial charge in [-0.15, -0.1) is 0 Å². The van der Waals surface area contributed by atoms with Gasteiger partial charge in [0.05, 0.1) is 5.69 Å². The van der Waals surface area contributed by atoms with Crippen molar-refractivity contribution in [2.24, 2.45) is 4.99 Å². The van der Waals surface area contributed by atoms with E-state index in [-0.39, 0.29) is 18.4 Å². The Bertz CT molecular complexity index is 859. The first-order chi connectivity index (χ1) is 11.1. The number of hydrogen-bond donors (Lipinski definition) is 0. The summed E-state index contributed by atoms with van der Waals surface area (Å²) >= 11 is 0. The minimum absolute atomic E-state index is 0.183. The van der Waals surface area contributed by atoms with Crippen LogP contribution < -0.4 is 9.47 Å². The number of cyclic esters (lactones) is 1. The Morgan fingerprint density at radius 2 is 2.00 bits per heavy atom. The number of nitrogens with zero attached hydrogens (tertiary/aromatic N) is 2. The normalized spacial score (nSPS) is 17.6. The molecule has 0 radical (unpaired) electrons. The second kappa shape index (κ2) is 4.98. The van der Waals surface area contributed by atoms with Gasteiger partial charge in [-0.1, -0.05) is 5.16 Å². The van der Waals surface area contributed by atoms with Crippen LogP contribution >= 0.6 is 0 Å². The molecule has 0 unspecified atom stereocenters. The van der Waals surface area contributed by atoms with Gasteiger partial charge < -0.3 is 18.7 Å². The van der Waals surface area contributed by atoms with E-state index < -0.39 is 5.97 Å². The molecule has 0 N–H and O–H groups in total. The first kappa shape index (κ1) is 13.6. The molecule has 4 rings (SSSR count). The van der Waals surface area contributed by atoms with E-state index in [2.05, 4.69) is 10.1 Å². The Labute approximate surface area is 131 Å². The maximum absolute atomic E-state index is 12.0. The van der Waals surface area contributed by atoms with Gasteiger partial charge in [0.1, 0.15) is 5.76 Å².